The van der Waals surface area contributed by atoms with E-state index in [1.54, 1.807) is 54.2 Å². The highest BCUT2D eigenvalue weighted by Crippen LogP contribution is 2.31. The van der Waals surface area contributed by atoms with Crippen molar-refractivity contribution in [2.45, 2.75) is 19.6 Å². The van der Waals surface area contributed by atoms with Gasteiger partial charge in [0.05, 0.1) is 23.0 Å². The van der Waals surface area contributed by atoms with Gasteiger partial charge in [-0.25, -0.2) is 16.8 Å². The quantitative estimate of drug-likeness (QED) is 0.222. The van der Waals surface area contributed by atoms with Crippen molar-refractivity contribution in [1.82, 2.24) is 0 Å². The first-order valence-electron chi connectivity index (χ1n) is 11.8. The molecule has 39 heavy (non-hydrogen) atoms. The average Bonchev–Trinajstić information content (AvgIpc) is 2.93. The van der Waals surface area contributed by atoms with Crippen molar-refractivity contribution < 1.29 is 36.5 Å². The maximum absolute atomic E-state index is 13.0. The van der Waals surface area contributed by atoms with Crippen molar-refractivity contribution in [2.24, 2.45) is 0 Å². The second-order valence-corrected chi connectivity index (χ2v) is 13.3. The number of sulfone groups is 2. The van der Waals surface area contributed by atoms with Crippen molar-refractivity contribution in [3.63, 3.8) is 0 Å². The van der Waals surface area contributed by atoms with E-state index in [2.05, 4.69) is 0 Å². The molecule has 0 aliphatic carbocycles. The van der Waals surface area contributed by atoms with Gasteiger partial charge in [-0.05, 0) is 72.8 Å². The van der Waals surface area contributed by atoms with E-state index in [-0.39, 0.29) is 43.4 Å². The smallest absolute Gasteiger partial charge is 0.210 e. The number of para-hydroxylation sites is 2. The minimum atomic E-state index is -3.85. The average molecular weight is 587 g/mol. The number of phenolic OH excluding ortho intramolecular Hbond substituents is 2. The minimum absolute atomic E-state index is 0.0198. The molecule has 204 valence electrons. The molecule has 8 nitrogen and oxygen atoms in total. The van der Waals surface area contributed by atoms with Crippen molar-refractivity contribution >= 4 is 31.4 Å². The number of hydrogen-bond donors (Lipinski definition) is 2. The monoisotopic (exact) mass is 586 g/mol. The molecule has 0 radical (unpaired) electrons. The first-order chi connectivity index (χ1) is 18.7. The van der Waals surface area contributed by atoms with Gasteiger partial charge in [0.25, 0.3) is 0 Å². The summed E-state index contributed by atoms with van der Waals surface area (Å²) in [5, 5.41) is 19.3. The van der Waals surface area contributed by atoms with Gasteiger partial charge in [-0.2, -0.15) is 11.8 Å². The summed E-state index contributed by atoms with van der Waals surface area (Å²) >= 11 is 1.56. The van der Waals surface area contributed by atoms with Crippen LogP contribution in [-0.2, 0) is 19.7 Å². The molecular weight excluding hydrogens is 561 g/mol. The fourth-order valence-electron chi connectivity index (χ4n) is 3.60. The van der Waals surface area contributed by atoms with Gasteiger partial charge in [-0.1, -0.05) is 24.3 Å². The van der Waals surface area contributed by atoms with Crippen LogP contribution in [0.15, 0.2) is 117 Å². The lowest BCUT2D eigenvalue weighted by Crippen LogP contribution is -2.08. The van der Waals surface area contributed by atoms with E-state index in [9.17, 15) is 27.0 Å². The van der Waals surface area contributed by atoms with Crippen LogP contribution in [0.2, 0.25) is 0 Å². The van der Waals surface area contributed by atoms with Gasteiger partial charge >= 0.3 is 0 Å². The molecule has 0 heterocycles. The SMILES string of the molecule is O=S(=O)(c1ccc(OCCSCCOc2ccccc2S(=O)(=O)c2ccc(O)cc2)cc1)c1ccccc1O. The molecule has 4 aromatic carbocycles. The molecule has 0 amide bonds. The van der Waals surface area contributed by atoms with E-state index in [1.165, 1.54) is 54.6 Å². The largest absolute Gasteiger partial charge is 0.508 e. The summed E-state index contributed by atoms with van der Waals surface area (Å²) in [5.74, 6) is 1.66. The standard InChI is InChI=1S/C28H26O8S3/c29-21-9-13-23(14-10-21)39(33,34)28-8-4-2-6-26(28)36-18-20-37-19-17-35-22-11-15-24(16-12-22)38(31,32)27-7-3-1-5-25(27)30/h1-16,29-30H,17-20H2. The van der Waals surface area contributed by atoms with Crippen LogP contribution in [0, 0.1) is 0 Å². The Kier molecular flexibility index (Phi) is 9.05. The fourth-order valence-corrected chi connectivity index (χ4v) is 6.95. The molecular formula is C28H26O8S3. The zero-order chi connectivity index (χ0) is 27.9. The highest BCUT2D eigenvalue weighted by molar-refractivity contribution is 7.99. The maximum atomic E-state index is 13.0. The summed E-state index contributed by atoms with van der Waals surface area (Å²) in [6.07, 6.45) is 0. The molecule has 0 bridgehead atoms. The number of hydrogen-bond acceptors (Lipinski definition) is 9. The van der Waals surface area contributed by atoms with Gasteiger partial charge < -0.3 is 19.7 Å². The minimum Gasteiger partial charge on any atom is -0.508 e. The van der Waals surface area contributed by atoms with Gasteiger partial charge in [0.1, 0.15) is 32.8 Å². The lowest BCUT2D eigenvalue weighted by molar-refractivity contribution is 0.333. The van der Waals surface area contributed by atoms with Gasteiger partial charge in [-0.15, -0.1) is 0 Å². The highest BCUT2D eigenvalue weighted by atomic mass is 32.2. The van der Waals surface area contributed by atoms with E-state index in [0.717, 1.165) is 0 Å². The van der Waals surface area contributed by atoms with Crippen LogP contribution in [0.4, 0.5) is 0 Å². The Hall–Kier alpha value is -3.67. The third-order valence-electron chi connectivity index (χ3n) is 5.56. The third-order valence-corrected chi connectivity index (χ3v) is 10.1. The molecule has 4 rings (SSSR count). The summed E-state index contributed by atoms with van der Waals surface area (Å²) in [6, 6.07) is 23.5. The molecule has 0 spiro atoms. The molecule has 0 aliphatic rings. The Bertz CT molecular complexity index is 1620. The summed E-state index contributed by atoms with van der Waals surface area (Å²) in [6.45, 7) is 0.660. The lowest BCUT2D eigenvalue weighted by Gasteiger charge is -2.12. The second-order valence-electron chi connectivity index (χ2n) is 8.20. The van der Waals surface area contributed by atoms with Gasteiger partial charge in [0.2, 0.25) is 19.7 Å². The number of ether oxygens (including phenoxy) is 2. The number of phenols is 2. The number of aromatic hydroxyl groups is 2. The summed E-state index contributed by atoms with van der Waals surface area (Å²) in [7, 11) is -7.66. The number of rotatable bonds is 12. The van der Waals surface area contributed by atoms with Gasteiger partial charge in [0.15, 0.2) is 0 Å². The highest BCUT2D eigenvalue weighted by Gasteiger charge is 2.22. The molecule has 11 heteroatoms. The van der Waals surface area contributed by atoms with Crippen LogP contribution >= 0.6 is 11.8 Å². The van der Waals surface area contributed by atoms with E-state index < -0.39 is 19.7 Å². The van der Waals surface area contributed by atoms with E-state index in [0.29, 0.717) is 23.9 Å². The van der Waals surface area contributed by atoms with Crippen LogP contribution < -0.4 is 9.47 Å². The van der Waals surface area contributed by atoms with Gasteiger partial charge in [0, 0.05) is 11.5 Å². The Morgan fingerprint density at radius 3 is 1.74 bits per heavy atom. The van der Waals surface area contributed by atoms with E-state index >= 15 is 0 Å². The molecule has 0 saturated heterocycles. The molecule has 0 unspecified atom stereocenters. The van der Waals surface area contributed by atoms with Crippen molar-refractivity contribution in [2.75, 3.05) is 24.7 Å². The van der Waals surface area contributed by atoms with E-state index in [1.807, 2.05) is 0 Å². The van der Waals surface area contributed by atoms with Crippen molar-refractivity contribution in [1.29, 1.82) is 0 Å². The van der Waals surface area contributed by atoms with Crippen LogP contribution in [-0.4, -0.2) is 51.8 Å². The molecule has 0 aliphatic heterocycles. The number of thioether (sulfide) groups is 1. The van der Waals surface area contributed by atoms with Crippen LogP contribution in [0.1, 0.15) is 0 Å². The Morgan fingerprint density at radius 1 is 0.590 bits per heavy atom. The first-order valence-corrected chi connectivity index (χ1v) is 15.9. The summed E-state index contributed by atoms with van der Waals surface area (Å²) in [5.41, 5.74) is 0. The predicted molar refractivity (Wildman–Crippen MR) is 148 cm³/mol. The first kappa shape index (κ1) is 28.3. The Labute approximate surface area is 231 Å². The molecule has 2 N–H and O–H groups in total. The summed E-state index contributed by atoms with van der Waals surface area (Å²) in [4.78, 5) is 0.0112. The molecule has 0 saturated carbocycles. The molecule has 4 aromatic rings. The van der Waals surface area contributed by atoms with E-state index in [4.69, 9.17) is 9.47 Å². The molecule has 0 fully saturated rings. The second kappa shape index (κ2) is 12.5. The predicted octanol–water partition coefficient (Wildman–Crippen LogP) is 4.95. The van der Waals surface area contributed by atoms with Crippen LogP contribution in [0.3, 0.4) is 0 Å². The van der Waals surface area contributed by atoms with Crippen molar-refractivity contribution in [3.05, 3.63) is 97.1 Å². The Morgan fingerprint density at radius 2 is 1.10 bits per heavy atom. The Balaban J connectivity index is 1.24. The fraction of sp³-hybridized carbons (Fsp3) is 0.143. The molecule has 0 aromatic heterocycles. The summed E-state index contributed by atoms with van der Waals surface area (Å²) < 4.78 is 62.9. The lowest BCUT2D eigenvalue weighted by atomic mass is 10.3. The maximum Gasteiger partial charge on any atom is 0.210 e. The zero-order valence-electron chi connectivity index (χ0n) is 20.6. The van der Waals surface area contributed by atoms with Crippen LogP contribution in [0.25, 0.3) is 0 Å². The van der Waals surface area contributed by atoms with Gasteiger partial charge in [-0.3, -0.25) is 0 Å². The van der Waals surface area contributed by atoms with Crippen molar-refractivity contribution in [3.8, 4) is 23.0 Å². The number of benzene rings is 4. The van der Waals surface area contributed by atoms with Crippen LogP contribution in [0.5, 0.6) is 23.0 Å². The zero-order valence-corrected chi connectivity index (χ0v) is 23.1. The topological polar surface area (TPSA) is 127 Å². The molecule has 0 atom stereocenters. The normalized spacial score (nSPS) is 11.7. The third kappa shape index (κ3) is 6.86.